The standard InChI is InChI=1S/C15H11N5O2/c1-9-11(3-2-4-12(9)15-16-8-22-17-15)10-5-6-13-14(7-10)20(13)18-19-21/h2-8H,1H3,(H,18,21). The van der Waals surface area contributed by atoms with E-state index in [4.69, 9.17) is 4.52 Å². The largest absolute Gasteiger partial charge is 0.342 e. The Morgan fingerprint density at radius 1 is 1.18 bits per heavy atom. The highest BCUT2D eigenvalue weighted by Crippen LogP contribution is 2.48. The van der Waals surface area contributed by atoms with Gasteiger partial charge in [0, 0.05) is 5.56 Å². The zero-order chi connectivity index (χ0) is 15.1. The molecule has 0 aliphatic carbocycles. The summed E-state index contributed by atoms with van der Waals surface area (Å²) in [6.45, 7) is 2.02. The van der Waals surface area contributed by atoms with Gasteiger partial charge in [-0.2, -0.15) is 10.5 Å². The summed E-state index contributed by atoms with van der Waals surface area (Å²) < 4.78 is 4.82. The van der Waals surface area contributed by atoms with Gasteiger partial charge in [-0.3, -0.25) is 0 Å². The zero-order valence-electron chi connectivity index (χ0n) is 11.6. The highest BCUT2D eigenvalue weighted by Gasteiger charge is 2.30. The molecule has 1 aliphatic rings. The first-order chi connectivity index (χ1) is 10.8. The average Bonchev–Trinajstić information content (AvgIpc) is 2.97. The monoisotopic (exact) mass is 293 g/mol. The summed E-state index contributed by atoms with van der Waals surface area (Å²) in [5.74, 6) is 0.569. The molecule has 0 amide bonds. The van der Waals surface area contributed by atoms with Gasteiger partial charge in [-0.15, -0.1) is 4.91 Å². The van der Waals surface area contributed by atoms with E-state index < -0.39 is 0 Å². The van der Waals surface area contributed by atoms with E-state index >= 15 is 0 Å². The molecule has 7 heteroatoms. The number of nitrogens with zero attached hydrogens (tertiary/aromatic N) is 4. The zero-order valence-corrected chi connectivity index (χ0v) is 11.6. The van der Waals surface area contributed by atoms with Gasteiger partial charge >= 0.3 is 0 Å². The van der Waals surface area contributed by atoms with Crippen LogP contribution in [0.1, 0.15) is 5.56 Å². The lowest BCUT2D eigenvalue weighted by atomic mass is 9.96. The molecule has 0 atom stereocenters. The SMILES string of the molecule is Cc1c(-c2ccc3c(c2)N3NN=O)cccc1-c1ncon1. The predicted octanol–water partition coefficient (Wildman–Crippen LogP) is 3.35. The van der Waals surface area contributed by atoms with Crippen LogP contribution in [0.25, 0.3) is 22.5 Å². The van der Waals surface area contributed by atoms with Crippen LogP contribution in [-0.2, 0) is 0 Å². The van der Waals surface area contributed by atoms with Gasteiger partial charge in [-0.05, 0) is 35.7 Å². The Hall–Kier alpha value is -3.22. The maximum absolute atomic E-state index is 10.3. The van der Waals surface area contributed by atoms with E-state index in [0.717, 1.165) is 33.6 Å². The number of benzene rings is 2. The van der Waals surface area contributed by atoms with Crippen molar-refractivity contribution in [2.75, 3.05) is 5.01 Å². The van der Waals surface area contributed by atoms with Gasteiger partial charge in [0.1, 0.15) is 0 Å². The van der Waals surface area contributed by atoms with Crippen molar-refractivity contribution in [2.45, 2.75) is 6.92 Å². The minimum absolute atomic E-state index is 0.569. The molecule has 0 bridgehead atoms. The fraction of sp³-hybridized carbons (Fsp3) is 0.0667. The third kappa shape index (κ3) is 1.83. The highest BCUT2D eigenvalue weighted by molar-refractivity contribution is 5.95. The number of nitrogens with one attached hydrogen (secondary N) is 1. The van der Waals surface area contributed by atoms with Crippen LogP contribution < -0.4 is 10.5 Å². The minimum atomic E-state index is 0.569. The van der Waals surface area contributed by atoms with Gasteiger partial charge in [0.25, 0.3) is 0 Å². The maximum atomic E-state index is 10.3. The average molecular weight is 293 g/mol. The molecular weight excluding hydrogens is 282 g/mol. The second-order valence-corrected chi connectivity index (χ2v) is 4.96. The predicted molar refractivity (Wildman–Crippen MR) is 81.0 cm³/mol. The molecule has 1 aromatic heterocycles. The van der Waals surface area contributed by atoms with Crippen LogP contribution >= 0.6 is 0 Å². The van der Waals surface area contributed by atoms with Gasteiger partial charge in [0.05, 0.1) is 16.7 Å². The molecule has 4 rings (SSSR count). The molecule has 108 valence electrons. The fourth-order valence-electron chi connectivity index (χ4n) is 2.65. The topological polar surface area (TPSA) is 83.4 Å². The number of fused-ring (bicyclic) bond motifs is 1. The van der Waals surface area contributed by atoms with Crippen molar-refractivity contribution < 1.29 is 4.52 Å². The number of anilines is 2. The smallest absolute Gasteiger partial charge is 0.214 e. The first kappa shape index (κ1) is 12.5. The summed E-state index contributed by atoms with van der Waals surface area (Å²) in [5, 5.41) is 8.21. The van der Waals surface area contributed by atoms with Crippen molar-refractivity contribution in [3.8, 4) is 22.5 Å². The van der Waals surface area contributed by atoms with E-state index in [1.54, 1.807) is 5.01 Å². The van der Waals surface area contributed by atoms with Crippen LogP contribution in [0.4, 0.5) is 11.4 Å². The van der Waals surface area contributed by atoms with Crippen molar-refractivity contribution in [2.24, 2.45) is 5.29 Å². The van der Waals surface area contributed by atoms with Crippen molar-refractivity contribution in [1.82, 2.24) is 15.7 Å². The van der Waals surface area contributed by atoms with Crippen molar-refractivity contribution in [3.05, 3.63) is 53.3 Å². The summed E-state index contributed by atoms with van der Waals surface area (Å²) in [5.41, 5.74) is 8.41. The molecule has 2 heterocycles. The molecule has 1 N–H and O–H groups in total. The summed E-state index contributed by atoms with van der Waals surface area (Å²) in [6.07, 6.45) is 1.32. The highest BCUT2D eigenvalue weighted by atomic mass is 16.5. The molecule has 0 fully saturated rings. The van der Waals surface area contributed by atoms with E-state index in [-0.39, 0.29) is 0 Å². The van der Waals surface area contributed by atoms with E-state index in [1.807, 2.05) is 43.3 Å². The quantitative estimate of drug-likeness (QED) is 0.451. The summed E-state index contributed by atoms with van der Waals surface area (Å²) >= 11 is 0. The number of hydrogen-bond acceptors (Lipinski definition) is 6. The molecule has 7 nitrogen and oxygen atoms in total. The van der Waals surface area contributed by atoms with E-state index in [1.165, 1.54) is 6.39 Å². The third-order valence-corrected chi connectivity index (χ3v) is 3.80. The van der Waals surface area contributed by atoms with E-state index in [0.29, 0.717) is 5.82 Å². The lowest BCUT2D eigenvalue weighted by Gasteiger charge is -2.08. The third-order valence-electron chi connectivity index (χ3n) is 3.80. The molecule has 2 aromatic carbocycles. The second kappa shape index (κ2) is 4.66. The van der Waals surface area contributed by atoms with Gasteiger partial charge < -0.3 is 4.52 Å². The Kier molecular flexibility index (Phi) is 2.65. The fourth-order valence-corrected chi connectivity index (χ4v) is 2.65. The molecule has 0 saturated carbocycles. The first-order valence-electron chi connectivity index (χ1n) is 6.68. The molecular formula is C15H11N5O2. The van der Waals surface area contributed by atoms with Gasteiger partial charge in [0.15, 0.2) is 0 Å². The van der Waals surface area contributed by atoms with E-state index in [9.17, 15) is 4.91 Å². The molecule has 22 heavy (non-hydrogen) atoms. The Balaban J connectivity index is 1.76. The molecule has 1 aliphatic heterocycles. The normalized spacial score (nSPS) is 12.0. The van der Waals surface area contributed by atoms with Crippen LogP contribution in [0, 0.1) is 11.8 Å². The Morgan fingerprint density at radius 3 is 2.82 bits per heavy atom. The molecule has 3 aromatic rings. The number of nitroso groups, excluding NO2 is 1. The summed E-state index contributed by atoms with van der Waals surface area (Å²) in [4.78, 5) is 14.4. The Bertz CT molecular complexity index is 860. The van der Waals surface area contributed by atoms with Crippen LogP contribution in [0.3, 0.4) is 0 Å². The lowest BCUT2D eigenvalue weighted by Crippen LogP contribution is -2.14. The number of hydrazine groups is 1. The van der Waals surface area contributed by atoms with Crippen LogP contribution in [0.15, 0.2) is 52.6 Å². The second-order valence-electron chi connectivity index (χ2n) is 4.96. The molecule has 0 radical (unpaired) electrons. The molecule has 0 spiro atoms. The Morgan fingerprint density at radius 2 is 2.05 bits per heavy atom. The van der Waals surface area contributed by atoms with Gasteiger partial charge in [-0.25, -0.2) is 5.01 Å². The van der Waals surface area contributed by atoms with Crippen LogP contribution in [0.5, 0.6) is 0 Å². The summed E-state index contributed by atoms with van der Waals surface area (Å²) in [7, 11) is 0. The first-order valence-corrected chi connectivity index (χ1v) is 6.68. The maximum Gasteiger partial charge on any atom is 0.214 e. The van der Waals surface area contributed by atoms with E-state index in [2.05, 4.69) is 21.0 Å². The van der Waals surface area contributed by atoms with Crippen molar-refractivity contribution in [1.29, 1.82) is 0 Å². The van der Waals surface area contributed by atoms with Gasteiger partial charge in [0.2, 0.25) is 12.2 Å². The van der Waals surface area contributed by atoms with Crippen LogP contribution in [0.2, 0.25) is 0 Å². The number of hydrogen-bond donors (Lipinski definition) is 1. The van der Waals surface area contributed by atoms with Crippen LogP contribution in [-0.4, -0.2) is 10.1 Å². The minimum Gasteiger partial charge on any atom is -0.342 e. The number of rotatable bonds is 4. The van der Waals surface area contributed by atoms with Gasteiger partial charge in [-0.1, -0.05) is 29.4 Å². The summed E-state index contributed by atoms with van der Waals surface area (Å²) in [6, 6.07) is 11.9. The molecule has 0 unspecified atom stereocenters. The molecule has 0 saturated heterocycles. The van der Waals surface area contributed by atoms with Crippen molar-refractivity contribution in [3.63, 3.8) is 0 Å². The Labute approximate surface area is 125 Å². The van der Waals surface area contributed by atoms with Crippen molar-refractivity contribution >= 4 is 11.4 Å². The number of aromatic nitrogens is 2. The lowest BCUT2D eigenvalue weighted by molar-refractivity contribution is 0.418.